The van der Waals surface area contributed by atoms with Gasteiger partial charge in [-0.2, -0.15) is 0 Å². The standard InChI is InChI=1S/C20H17N3OS2/c1-25-17-9-7-15(8-10-17)21-19(24)11-16-13-26-20-22-18(12-23(16)20)14-5-3-2-4-6-14/h2-10,12-13H,11H2,1H3,(H,21,24). The molecular weight excluding hydrogens is 362 g/mol. The minimum atomic E-state index is -0.0310. The van der Waals surface area contributed by atoms with Crippen molar-refractivity contribution >= 4 is 39.7 Å². The summed E-state index contributed by atoms with van der Waals surface area (Å²) in [4.78, 5) is 19.1. The van der Waals surface area contributed by atoms with Crippen LogP contribution in [0.4, 0.5) is 5.69 Å². The van der Waals surface area contributed by atoms with E-state index in [0.717, 1.165) is 27.6 Å². The first-order valence-electron chi connectivity index (χ1n) is 8.18. The summed E-state index contributed by atoms with van der Waals surface area (Å²) in [7, 11) is 0. The molecule has 0 fully saturated rings. The molecule has 130 valence electrons. The van der Waals surface area contributed by atoms with Crippen LogP contribution in [0, 0.1) is 0 Å². The molecule has 4 aromatic rings. The summed E-state index contributed by atoms with van der Waals surface area (Å²) in [6.07, 6.45) is 4.34. The van der Waals surface area contributed by atoms with Crippen molar-refractivity contribution in [3.05, 3.63) is 71.9 Å². The van der Waals surface area contributed by atoms with E-state index in [9.17, 15) is 4.79 Å². The van der Waals surface area contributed by atoms with E-state index in [1.165, 1.54) is 4.90 Å². The van der Waals surface area contributed by atoms with Gasteiger partial charge in [-0.1, -0.05) is 30.3 Å². The highest BCUT2D eigenvalue weighted by atomic mass is 32.2. The van der Waals surface area contributed by atoms with Crippen molar-refractivity contribution in [1.29, 1.82) is 0 Å². The fraction of sp³-hybridized carbons (Fsp3) is 0.100. The zero-order chi connectivity index (χ0) is 17.9. The third kappa shape index (κ3) is 3.52. The van der Waals surface area contributed by atoms with Crippen LogP contribution in [0.25, 0.3) is 16.2 Å². The number of aromatic nitrogens is 2. The first-order chi connectivity index (χ1) is 12.7. The van der Waals surface area contributed by atoms with Gasteiger partial charge in [-0.15, -0.1) is 23.1 Å². The molecule has 2 aromatic heterocycles. The number of benzene rings is 2. The number of thioether (sulfide) groups is 1. The fourth-order valence-electron chi connectivity index (χ4n) is 2.75. The average Bonchev–Trinajstić information content (AvgIpc) is 3.25. The van der Waals surface area contributed by atoms with Gasteiger partial charge in [0, 0.05) is 33.4 Å². The Labute approximate surface area is 159 Å². The van der Waals surface area contributed by atoms with Crippen LogP contribution < -0.4 is 5.32 Å². The Balaban J connectivity index is 1.51. The van der Waals surface area contributed by atoms with Crippen LogP contribution >= 0.6 is 23.1 Å². The predicted molar refractivity (Wildman–Crippen MR) is 109 cm³/mol. The van der Waals surface area contributed by atoms with Crippen LogP contribution in [0.15, 0.2) is 71.1 Å². The highest BCUT2D eigenvalue weighted by Gasteiger charge is 2.12. The van der Waals surface area contributed by atoms with Crippen molar-refractivity contribution in [2.24, 2.45) is 0 Å². The number of hydrogen-bond acceptors (Lipinski definition) is 4. The van der Waals surface area contributed by atoms with E-state index >= 15 is 0 Å². The van der Waals surface area contributed by atoms with E-state index in [-0.39, 0.29) is 5.91 Å². The molecule has 6 heteroatoms. The monoisotopic (exact) mass is 379 g/mol. The van der Waals surface area contributed by atoms with E-state index in [0.29, 0.717) is 6.42 Å². The number of carbonyl (C=O) groups excluding carboxylic acids is 1. The summed E-state index contributed by atoms with van der Waals surface area (Å²) in [6, 6.07) is 17.9. The van der Waals surface area contributed by atoms with Crippen LogP contribution in [-0.2, 0) is 11.2 Å². The van der Waals surface area contributed by atoms with Gasteiger partial charge < -0.3 is 5.32 Å². The van der Waals surface area contributed by atoms with E-state index in [4.69, 9.17) is 0 Å². The van der Waals surface area contributed by atoms with Gasteiger partial charge in [-0.3, -0.25) is 9.20 Å². The summed E-state index contributed by atoms with van der Waals surface area (Å²) >= 11 is 3.23. The number of carbonyl (C=O) groups is 1. The number of nitrogens with one attached hydrogen (secondary N) is 1. The lowest BCUT2D eigenvalue weighted by molar-refractivity contribution is -0.115. The molecular formula is C20H17N3OS2. The quantitative estimate of drug-likeness (QED) is 0.498. The number of nitrogens with zero attached hydrogens (tertiary/aromatic N) is 2. The number of thiazole rings is 1. The third-order valence-electron chi connectivity index (χ3n) is 4.07. The molecule has 0 aliphatic heterocycles. The maximum Gasteiger partial charge on any atom is 0.230 e. The molecule has 0 aliphatic carbocycles. The summed E-state index contributed by atoms with van der Waals surface area (Å²) in [5, 5.41) is 4.95. The summed E-state index contributed by atoms with van der Waals surface area (Å²) in [6.45, 7) is 0. The summed E-state index contributed by atoms with van der Waals surface area (Å²) in [5.41, 5.74) is 3.76. The first-order valence-corrected chi connectivity index (χ1v) is 10.3. The zero-order valence-corrected chi connectivity index (χ0v) is 15.8. The van der Waals surface area contributed by atoms with Gasteiger partial charge >= 0.3 is 0 Å². The molecule has 4 nitrogen and oxygen atoms in total. The molecule has 4 rings (SSSR count). The fourth-order valence-corrected chi connectivity index (χ4v) is 4.03. The SMILES string of the molecule is CSc1ccc(NC(=O)Cc2csc3nc(-c4ccccc4)cn23)cc1. The van der Waals surface area contributed by atoms with Gasteiger partial charge in [0.15, 0.2) is 4.96 Å². The first kappa shape index (κ1) is 16.9. The van der Waals surface area contributed by atoms with Gasteiger partial charge in [-0.25, -0.2) is 4.98 Å². The maximum atomic E-state index is 12.4. The highest BCUT2D eigenvalue weighted by molar-refractivity contribution is 7.98. The van der Waals surface area contributed by atoms with Crippen molar-refractivity contribution in [3.8, 4) is 11.3 Å². The lowest BCUT2D eigenvalue weighted by Gasteiger charge is -2.05. The van der Waals surface area contributed by atoms with Crippen LogP contribution in [0.1, 0.15) is 5.69 Å². The summed E-state index contributed by atoms with van der Waals surface area (Å²) < 4.78 is 2.00. The molecule has 0 atom stereocenters. The Kier molecular flexibility index (Phi) is 4.77. The van der Waals surface area contributed by atoms with Crippen LogP contribution in [0.3, 0.4) is 0 Å². The Morgan fingerprint density at radius 1 is 1.15 bits per heavy atom. The largest absolute Gasteiger partial charge is 0.326 e. The van der Waals surface area contributed by atoms with Gasteiger partial charge in [0.2, 0.25) is 5.91 Å². The number of hydrogen-bond donors (Lipinski definition) is 1. The normalized spacial score (nSPS) is 11.0. The van der Waals surface area contributed by atoms with Gasteiger partial charge in [0.25, 0.3) is 0 Å². The molecule has 1 amide bonds. The Hall–Kier alpha value is -2.57. The van der Waals surface area contributed by atoms with Crippen molar-refractivity contribution in [1.82, 2.24) is 9.38 Å². The van der Waals surface area contributed by atoms with Crippen molar-refractivity contribution in [3.63, 3.8) is 0 Å². The Bertz CT molecular complexity index is 1040. The predicted octanol–water partition coefficient (Wildman–Crippen LogP) is 4.97. The lowest BCUT2D eigenvalue weighted by Crippen LogP contribution is -2.15. The molecule has 0 radical (unpaired) electrons. The molecule has 0 aliphatic rings. The minimum absolute atomic E-state index is 0.0310. The number of imidazole rings is 1. The van der Waals surface area contributed by atoms with Crippen LogP contribution in [-0.4, -0.2) is 21.5 Å². The van der Waals surface area contributed by atoms with Crippen molar-refractivity contribution < 1.29 is 4.79 Å². The topological polar surface area (TPSA) is 46.4 Å². The second kappa shape index (κ2) is 7.35. The Morgan fingerprint density at radius 3 is 2.65 bits per heavy atom. The summed E-state index contributed by atoms with van der Waals surface area (Å²) in [5.74, 6) is -0.0310. The molecule has 0 saturated heterocycles. The molecule has 1 N–H and O–H groups in total. The third-order valence-corrected chi connectivity index (χ3v) is 5.70. The maximum absolute atomic E-state index is 12.4. The second-order valence-corrected chi connectivity index (χ2v) is 7.54. The molecule has 2 heterocycles. The second-order valence-electron chi connectivity index (χ2n) is 5.83. The molecule has 0 bridgehead atoms. The molecule has 0 saturated carbocycles. The van der Waals surface area contributed by atoms with Crippen LogP contribution in [0.2, 0.25) is 0 Å². The molecule has 2 aromatic carbocycles. The van der Waals surface area contributed by atoms with Gasteiger partial charge in [-0.05, 0) is 30.5 Å². The van der Waals surface area contributed by atoms with Gasteiger partial charge in [0.05, 0.1) is 12.1 Å². The zero-order valence-electron chi connectivity index (χ0n) is 14.2. The minimum Gasteiger partial charge on any atom is -0.326 e. The lowest BCUT2D eigenvalue weighted by atomic mass is 10.2. The van der Waals surface area contributed by atoms with Crippen molar-refractivity contribution in [2.45, 2.75) is 11.3 Å². The smallest absolute Gasteiger partial charge is 0.230 e. The highest BCUT2D eigenvalue weighted by Crippen LogP contribution is 2.24. The van der Waals surface area contributed by atoms with E-state index < -0.39 is 0 Å². The molecule has 0 unspecified atom stereocenters. The molecule has 0 spiro atoms. The van der Waals surface area contributed by atoms with E-state index in [2.05, 4.69) is 10.3 Å². The number of fused-ring (bicyclic) bond motifs is 1. The van der Waals surface area contributed by atoms with Crippen LogP contribution in [0.5, 0.6) is 0 Å². The van der Waals surface area contributed by atoms with Crippen molar-refractivity contribution in [2.75, 3.05) is 11.6 Å². The van der Waals surface area contributed by atoms with E-state index in [1.54, 1.807) is 23.1 Å². The van der Waals surface area contributed by atoms with E-state index in [1.807, 2.05) is 76.8 Å². The number of anilines is 1. The molecule has 26 heavy (non-hydrogen) atoms. The Morgan fingerprint density at radius 2 is 1.92 bits per heavy atom. The number of amides is 1. The number of rotatable bonds is 5. The van der Waals surface area contributed by atoms with Gasteiger partial charge in [0.1, 0.15) is 0 Å². The average molecular weight is 380 g/mol.